The lowest BCUT2D eigenvalue weighted by molar-refractivity contribution is 0.169. The van der Waals surface area contributed by atoms with Crippen LogP contribution in [0.4, 0.5) is 10.1 Å². The lowest BCUT2D eigenvalue weighted by Gasteiger charge is -2.22. The molecule has 2 rings (SSSR count). The molecule has 0 aliphatic rings. The molecule has 1 atom stereocenters. The van der Waals surface area contributed by atoms with Gasteiger partial charge >= 0.3 is 0 Å². The number of aliphatic hydroxyl groups excluding tert-OH is 1. The first-order chi connectivity index (χ1) is 9.97. The second kappa shape index (κ2) is 6.72. The van der Waals surface area contributed by atoms with Crippen molar-refractivity contribution in [3.05, 3.63) is 65.0 Å². The molecule has 1 N–H and O–H groups in total. The maximum atomic E-state index is 13.7. The van der Waals surface area contributed by atoms with E-state index in [0.717, 1.165) is 16.7 Å². The van der Waals surface area contributed by atoms with Crippen LogP contribution in [0.1, 0.15) is 29.2 Å². The van der Waals surface area contributed by atoms with Gasteiger partial charge in [0.2, 0.25) is 0 Å². The number of hydrogen-bond acceptors (Lipinski definition) is 2. The van der Waals surface area contributed by atoms with Crippen molar-refractivity contribution in [2.45, 2.75) is 26.4 Å². The van der Waals surface area contributed by atoms with Gasteiger partial charge in [0, 0.05) is 13.6 Å². The fraction of sp³-hybridized carbons (Fsp3) is 0.333. The summed E-state index contributed by atoms with van der Waals surface area (Å²) >= 11 is 0. The number of hydrogen-bond donors (Lipinski definition) is 1. The van der Waals surface area contributed by atoms with E-state index in [1.54, 1.807) is 12.1 Å². The van der Waals surface area contributed by atoms with Crippen LogP contribution in [0.15, 0.2) is 42.5 Å². The molecule has 0 aromatic heterocycles. The molecule has 2 aromatic rings. The molecule has 1 unspecified atom stereocenters. The van der Waals surface area contributed by atoms with Crippen LogP contribution in [0.2, 0.25) is 0 Å². The second-order valence-corrected chi connectivity index (χ2v) is 5.60. The highest BCUT2D eigenvalue weighted by molar-refractivity contribution is 5.46. The largest absolute Gasteiger partial charge is 0.388 e. The highest BCUT2D eigenvalue weighted by Crippen LogP contribution is 2.22. The van der Waals surface area contributed by atoms with Gasteiger partial charge in [-0.1, -0.05) is 41.5 Å². The Morgan fingerprint density at radius 3 is 2.33 bits per heavy atom. The normalized spacial score (nSPS) is 12.2. The third-order valence-corrected chi connectivity index (χ3v) is 3.63. The predicted octanol–water partition coefficient (Wildman–Crippen LogP) is 4.00. The number of aryl methyl sites for hydroxylation is 2. The fourth-order valence-corrected chi connectivity index (χ4v) is 2.57. The van der Waals surface area contributed by atoms with E-state index < -0.39 is 6.10 Å². The Hall–Kier alpha value is -1.87. The quantitative estimate of drug-likeness (QED) is 0.898. The van der Waals surface area contributed by atoms with E-state index in [1.807, 2.05) is 44.0 Å². The molecule has 0 radical (unpaired) electrons. The van der Waals surface area contributed by atoms with Crippen molar-refractivity contribution in [2.75, 3.05) is 18.5 Å². The maximum absolute atomic E-state index is 13.7. The first-order valence-corrected chi connectivity index (χ1v) is 7.19. The van der Waals surface area contributed by atoms with Gasteiger partial charge in [-0.05, 0) is 38.0 Å². The zero-order valence-corrected chi connectivity index (χ0v) is 12.8. The van der Waals surface area contributed by atoms with Gasteiger partial charge in [-0.2, -0.15) is 0 Å². The van der Waals surface area contributed by atoms with E-state index in [0.29, 0.717) is 18.7 Å². The third-order valence-electron chi connectivity index (χ3n) is 3.63. The van der Waals surface area contributed by atoms with Crippen LogP contribution in [0, 0.1) is 19.7 Å². The van der Waals surface area contributed by atoms with E-state index in [4.69, 9.17) is 0 Å². The molecule has 0 aliphatic heterocycles. The smallest absolute Gasteiger partial charge is 0.146 e. The van der Waals surface area contributed by atoms with E-state index in [2.05, 4.69) is 6.07 Å². The van der Waals surface area contributed by atoms with Crippen LogP contribution < -0.4 is 4.90 Å². The highest BCUT2D eigenvalue weighted by Gasteiger charge is 2.12. The zero-order chi connectivity index (χ0) is 15.4. The molecule has 0 fully saturated rings. The van der Waals surface area contributed by atoms with Crippen molar-refractivity contribution in [2.24, 2.45) is 0 Å². The van der Waals surface area contributed by atoms with Crippen molar-refractivity contribution in [1.29, 1.82) is 0 Å². The molecule has 0 heterocycles. The average Bonchev–Trinajstić information content (AvgIpc) is 2.43. The Labute approximate surface area is 125 Å². The van der Waals surface area contributed by atoms with Gasteiger partial charge in [-0.25, -0.2) is 4.39 Å². The molecule has 2 nitrogen and oxygen atoms in total. The number of halogens is 1. The number of nitrogens with zero attached hydrogens (tertiary/aromatic N) is 1. The summed E-state index contributed by atoms with van der Waals surface area (Å²) in [7, 11) is 1.84. The lowest BCUT2D eigenvalue weighted by atomic mass is 10.0. The highest BCUT2D eigenvalue weighted by atomic mass is 19.1. The van der Waals surface area contributed by atoms with E-state index >= 15 is 0 Å². The van der Waals surface area contributed by atoms with Crippen LogP contribution in [-0.2, 0) is 0 Å². The summed E-state index contributed by atoms with van der Waals surface area (Å²) in [4.78, 5) is 1.83. The molecule has 0 amide bonds. The Bertz CT molecular complexity index is 592. The van der Waals surface area contributed by atoms with Crippen LogP contribution in [0.25, 0.3) is 0 Å². The summed E-state index contributed by atoms with van der Waals surface area (Å²) in [5.74, 6) is -0.235. The van der Waals surface area contributed by atoms with Crippen molar-refractivity contribution >= 4 is 5.69 Å². The first-order valence-electron chi connectivity index (χ1n) is 7.19. The summed E-state index contributed by atoms with van der Waals surface area (Å²) in [6.07, 6.45) is 0.0334. The molecule has 0 spiro atoms. The van der Waals surface area contributed by atoms with E-state index in [-0.39, 0.29) is 5.82 Å². The minimum atomic E-state index is -0.530. The third kappa shape index (κ3) is 4.05. The fourth-order valence-electron chi connectivity index (χ4n) is 2.57. The first kappa shape index (κ1) is 15.5. The summed E-state index contributed by atoms with van der Waals surface area (Å²) in [6.45, 7) is 4.64. The van der Waals surface area contributed by atoms with Gasteiger partial charge in [-0.3, -0.25) is 0 Å². The topological polar surface area (TPSA) is 23.5 Å². The molecule has 0 saturated heterocycles. The van der Waals surface area contributed by atoms with Gasteiger partial charge in [0.25, 0.3) is 0 Å². The lowest BCUT2D eigenvalue weighted by Crippen LogP contribution is -2.21. The van der Waals surface area contributed by atoms with Gasteiger partial charge in [0.1, 0.15) is 5.82 Å². The molecule has 2 aromatic carbocycles. The molecule has 0 bridgehead atoms. The number of para-hydroxylation sites is 1. The summed E-state index contributed by atoms with van der Waals surface area (Å²) in [5, 5.41) is 10.3. The molecule has 0 saturated carbocycles. The number of rotatable bonds is 5. The monoisotopic (exact) mass is 287 g/mol. The van der Waals surface area contributed by atoms with E-state index in [9.17, 15) is 9.50 Å². The number of anilines is 1. The summed E-state index contributed by atoms with van der Waals surface area (Å²) in [6, 6.07) is 12.8. The molecular formula is C18H22FNO. The van der Waals surface area contributed by atoms with Gasteiger partial charge in [-0.15, -0.1) is 0 Å². The van der Waals surface area contributed by atoms with Crippen molar-refractivity contribution < 1.29 is 9.50 Å². The van der Waals surface area contributed by atoms with Gasteiger partial charge in [0.05, 0.1) is 11.8 Å². The van der Waals surface area contributed by atoms with Crippen LogP contribution in [-0.4, -0.2) is 18.7 Å². The molecule has 0 aliphatic carbocycles. The average molecular weight is 287 g/mol. The maximum Gasteiger partial charge on any atom is 0.146 e. The van der Waals surface area contributed by atoms with Crippen LogP contribution in [0.5, 0.6) is 0 Å². The van der Waals surface area contributed by atoms with Crippen molar-refractivity contribution in [3.8, 4) is 0 Å². The Morgan fingerprint density at radius 1 is 1.10 bits per heavy atom. The molecular weight excluding hydrogens is 265 g/mol. The molecule has 3 heteroatoms. The van der Waals surface area contributed by atoms with Crippen molar-refractivity contribution in [3.63, 3.8) is 0 Å². The van der Waals surface area contributed by atoms with Crippen LogP contribution in [0.3, 0.4) is 0 Å². The minimum absolute atomic E-state index is 0.235. The molecule has 112 valence electrons. The van der Waals surface area contributed by atoms with E-state index in [1.165, 1.54) is 6.07 Å². The summed E-state index contributed by atoms with van der Waals surface area (Å²) < 4.78 is 13.7. The Kier molecular flexibility index (Phi) is 4.97. The number of benzene rings is 2. The molecule has 21 heavy (non-hydrogen) atoms. The minimum Gasteiger partial charge on any atom is -0.388 e. The van der Waals surface area contributed by atoms with Crippen molar-refractivity contribution in [1.82, 2.24) is 0 Å². The van der Waals surface area contributed by atoms with Gasteiger partial charge in [0.15, 0.2) is 0 Å². The summed E-state index contributed by atoms with van der Waals surface area (Å²) in [5.41, 5.74) is 3.78. The number of aliphatic hydroxyl groups is 1. The Balaban J connectivity index is 2.00. The predicted molar refractivity (Wildman–Crippen MR) is 85.2 cm³/mol. The van der Waals surface area contributed by atoms with Gasteiger partial charge < -0.3 is 10.0 Å². The SMILES string of the molecule is Cc1cc(C)cc(C(O)CCN(C)c2ccccc2F)c1. The van der Waals surface area contributed by atoms with Crippen LogP contribution >= 0.6 is 0 Å². The second-order valence-electron chi connectivity index (χ2n) is 5.60. The standard InChI is InChI=1S/C18H22FNO/c1-13-10-14(2)12-15(11-13)18(21)8-9-20(3)17-7-5-4-6-16(17)19/h4-7,10-12,18,21H,8-9H2,1-3H3. The zero-order valence-electron chi connectivity index (χ0n) is 12.8. The Morgan fingerprint density at radius 2 is 1.71 bits per heavy atom.